The van der Waals surface area contributed by atoms with Crippen molar-refractivity contribution in [1.29, 1.82) is 0 Å². The van der Waals surface area contributed by atoms with Gasteiger partial charge in [0, 0.05) is 55.9 Å². The average Bonchev–Trinajstić information content (AvgIpc) is 2.96. The maximum Gasteiger partial charge on any atom is 0.421 e. The number of hydrogen-bond donors (Lipinski definition) is 2. The van der Waals surface area contributed by atoms with Gasteiger partial charge < -0.3 is 10.4 Å². The van der Waals surface area contributed by atoms with Gasteiger partial charge in [0.25, 0.3) is 0 Å². The van der Waals surface area contributed by atoms with E-state index in [9.17, 15) is 35.1 Å². The second kappa shape index (κ2) is 12.1. The summed E-state index contributed by atoms with van der Waals surface area (Å²) in [6.45, 7) is 3.61. The van der Waals surface area contributed by atoms with E-state index in [2.05, 4.69) is 10.3 Å². The molecule has 2 N–H and O–H groups in total. The molecule has 2 aromatic rings. The Morgan fingerprint density at radius 3 is 2.40 bits per heavy atom. The highest BCUT2D eigenvalue weighted by Gasteiger charge is 2.51. The van der Waals surface area contributed by atoms with Crippen molar-refractivity contribution in [2.75, 3.05) is 26.2 Å². The fraction of sp³-hybridized carbons (Fsp3) is 0.429. The predicted octanol–water partition coefficient (Wildman–Crippen LogP) is 3.59. The molecular formula is C28H33F3N4O5S3. The zero-order chi connectivity index (χ0) is 31.8. The molecule has 1 aromatic heterocycles. The quantitative estimate of drug-likeness (QED) is 0.393. The van der Waals surface area contributed by atoms with Gasteiger partial charge in [-0.05, 0) is 50.1 Å². The SMILES string of the molecule is CC(C)N(C[C@@]1(c2ccc(C(C)(O)C(F)(F)F)cc2)CN(S(=O)(=O)C2=CC=CCC2=S)CCN1)S(=O)(=O)c1cccnc1. The summed E-state index contributed by atoms with van der Waals surface area (Å²) in [4.78, 5) is 4.07. The lowest BCUT2D eigenvalue weighted by Crippen LogP contribution is -2.64. The van der Waals surface area contributed by atoms with E-state index in [-0.39, 0.29) is 47.3 Å². The van der Waals surface area contributed by atoms with E-state index in [1.807, 2.05) is 0 Å². The van der Waals surface area contributed by atoms with Gasteiger partial charge >= 0.3 is 6.18 Å². The Hall–Kier alpha value is -2.53. The number of aliphatic hydroxyl groups is 1. The molecule has 1 saturated heterocycles. The number of pyridine rings is 1. The van der Waals surface area contributed by atoms with Gasteiger partial charge in [-0.15, -0.1) is 0 Å². The largest absolute Gasteiger partial charge is 0.421 e. The molecule has 0 amide bonds. The van der Waals surface area contributed by atoms with Crippen molar-refractivity contribution in [3.05, 3.63) is 83.1 Å². The molecule has 2 heterocycles. The fourth-order valence-electron chi connectivity index (χ4n) is 5.07. The van der Waals surface area contributed by atoms with Crippen LogP contribution in [0.4, 0.5) is 13.2 Å². The summed E-state index contributed by atoms with van der Waals surface area (Å²) in [5, 5.41) is 13.5. The molecule has 0 radical (unpaired) electrons. The Bertz CT molecular complexity index is 1630. The highest BCUT2D eigenvalue weighted by atomic mass is 32.2. The van der Waals surface area contributed by atoms with Crippen LogP contribution >= 0.6 is 12.2 Å². The summed E-state index contributed by atoms with van der Waals surface area (Å²) < 4.78 is 98.4. The lowest BCUT2D eigenvalue weighted by Gasteiger charge is -2.46. The zero-order valence-electron chi connectivity index (χ0n) is 23.7. The molecule has 1 fully saturated rings. The standard InChI is InChI=1S/C28H33F3N4O5S3/c1-20(2)35(42(37,38)23-7-6-14-32-17-23)19-27(22-12-10-21(11-13-22)26(3,36)28(29,30)31)18-34(16-15-33-27)43(39,40)25-9-5-4-8-24(25)41/h4-7,9-14,17,20,33,36H,8,15-16,18-19H2,1-3H3/t26?,27-/m1/s1. The van der Waals surface area contributed by atoms with Crippen LogP contribution in [0.2, 0.25) is 0 Å². The number of rotatable bonds is 9. The van der Waals surface area contributed by atoms with Gasteiger partial charge in [0.1, 0.15) is 4.90 Å². The summed E-state index contributed by atoms with van der Waals surface area (Å²) in [6.07, 6.45) is 2.74. The van der Waals surface area contributed by atoms with Gasteiger partial charge in [0.05, 0.1) is 10.4 Å². The first-order chi connectivity index (χ1) is 19.9. The Balaban J connectivity index is 1.83. The highest BCUT2D eigenvalue weighted by molar-refractivity contribution is 7.96. The average molecular weight is 659 g/mol. The molecule has 1 aliphatic heterocycles. The number of halogens is 3. The number of hydrogen-bond acceptors (Lipinski definition) is 8. The third-order valence-corrected chi connectivity index (χ3v) is 12.1. The fourth-order valence-corrected chi connectivity index (χ4v) is 8.83. The maximum absolute atomic E-state index is 13.8. The number of nitrogens with one attached hydrogen (secondary N) is 1. The van der Waals surface area contributed by atoms with Crippen LogP contribution in [0.15, 0.2) is 76.8 Å². The van der Waals surface area contributed by atoms with Crippen LogP contribution in [-0.2, 0) is 31.2 Å². The van der Waals surface area contributed by atoms with Gasteiger partial charge in [-0.25, -0.2) is 16.8 Å². The van der Waals surface area contributed by atoms with E-state index in [1.165, 1.54) is 51.3 Å². The van der Waals surface area contributed by atoms with Gasteiger partial charge in [-0.2, -0.15) is 21.8 Å². The minimum absolute atomic E-state index is 0.0268. The zero-order valence-corrected chi connectivity index (χ0v) is 26.2. The molecule has 0 bridgehead atoms. The number of piperazine rings is 1. The molecule has 0 saturated carbocycles. The second-order valence-electron chi connectivity index (χ2n) is 10.9. The smallest absolute Gasteiger partial charge is 0.376 e. The van der Waals surface area contributed by atoms with Crippen LogP contribution in [0.3, 0.4) is 0 Å². The summed E-state index contributed by atoms with van der Waals surface area (Å²) in [6, 6.07) is 7.20. The molecule has 234 valence electrons. The van der Waals surface area contributed by atoms with Crippen molar-refractivity contribution in [1.82, 2.24) is 18.9 Å². The van der Waals surface area contributed by atoms with E-state index in [1.54, 1.807) is 26.0 Å². The topological polar surface area (TPSA) is 120 Å². The van der Waals surface area contributed by atoms with Crippen LogP contribution in [0, 0.1) is 0 Å². The Morgan fingerprint density at radius 1 is 1.16 bits per heavy atom. The van der Waals surface area contributed by atoms with Crippen molar-refractivity contribution in [3.8, 4) is 0 Å². The van der Waals surface area contributed by atoms with Crippen molar-refractivity contribution in [2.24, 2.45) is 0 Å². The van der Waals surface area contributed by atoms with E-state index >= 15 is 0 Å². The molecule has 43 heavy (non-hydrogen) atoms. The summed E-state index contributed by atoms with van der Waals surface area (Å²) >= 11 is 5.33. The molecule has 4 rings (SSSR count). The van der Waals surface area contributed by atoms with E-state index in [4.69, 9.17) is 12.2 Å². The molecule has 1 aromatic carbocycles. The first-order valence-corrected chi connectivity index (χ1v) is 16.7. The van der Waals surface area contributed by atoms with Gasteiger partial charge in [0.2, 0.25) is 20.0 Å². The van der Waals surface area contributed by atoms with Gasteiger partial charge in [0.15, 0.2) is 5.60 Å². The van der Waals surface area contributed by atoms with Crippen LogP contribution < -0.4 is 5.32 Å². The first-order valence-electron chi connectivity index (χ1n) is 13.4. The number of alkyl halides is 3. The monoisotopic (exact) mass is 658 g/mol. The number of thiocarbonyl (C=S) groups is 1. The van der Waals surface area contributed by atoms with Crippen molar-refractivity contribution in [3.63, 3.8) is 0 Å². The summed E-state index contributed by atoms with van der Waals surface area (Å²) in [7, 11) is -8.26. The molecule has 1 aliphatic carbocycles. The predicted molar refractivity (Wildman–Crippen MR) is 160 cm³/mol. The van der Waals surface area contributed by atoms with Gasteiger partial charge in [-0.3, -0.25) is 4.98 Å². The second-order valence-corrected chi connectivity index (χ2v) is 15.2. The highest BCUT2D eigenvalue weighted by Crippen LogP contribution is 2.40. The normalized spacial score (nSPS) is 22.1. The number of nitrogens with zero attached hydrogens (tertiary/aromatic N) is 3. The molecule has 1 unspecified atom stereocenters. The minimum atomic E-state index is -4.95. The number of benzene rings is 1. The molecule has 2 aliphatic rings. The van der Waals surface area contributed by atoms with Crippen molar-refractivity contribution in [2.45, 2.75) is 55.4 Å². The molecule has 2 atom stereocenters. The van der Waals surface area contributed by atoms with Crippen LogP contribution in [0.5, 0.6) is 0 Å². The molecule has 9 nitrogen and oxygen atoms in total. The number of aromatic nitrogens is 1. The maximum atomic E-state index is 13.8. The number of sulfonamides is 2. The van der Waals surface area contributed by atoms with E-state index in [0.717, 1.165) is 12.1 Å². The van der Waals surface area contributed by atoms with Crippen LogP contribution in [0.25, 0.3) is 0 Å². The third kappa shape index (κ3) is 6.48. The lowest BCUT2D eigenvalue weighted by molar-refractivity contribution is -0.258. The van der Waals surface area contributed by atoms with Gasteiger partial charge in [-0.1, -0.05) is 48.6 Å². The first kappa shape index (κ1) is 33.4. The third-order valence-electron chi connectivity index (χ3n) is 7.64. The summed E-state index contributed by atoms with van der Waals surface area (Å²) in [5.41, 5.74) is -4.63. The van der Waals surface area contributed by atoms with Crippen molar-refractivity contribution < 1.29 is 35.1 Å². The molecular weight excluding hydrogens is 626 g/mol. The van der Waals surface area contributed by atoms with Crippen LogP contribution in [0.1, 0.15) is 38.3 Å². The Labute approximate surface area is 255 Å². The van der Waals surface area contributed by atoms with E-state index < -0.39 is 49.0 Å². The van der Waals surface area contributed by atoms with Crippen LogP contribution in [-0.4, -0.2) is 78.8 Å². The summed E-state index contributed by atoms with van der Waals surface area (Å²) in [5.74, 6) is 0. The Morgan fingerprint density at radius 2 is 1.84 bits per heavy atom. The lowest BCUT2D eigenvalue weighted by atomic mass is 9.85. The van der Waals surface area contributed by atoms with Crippen molar-refractivity contribution >= 4 is 37.1 Å². The molecule has 0 spiro atoms. The van der Waals surface area contributed by atoms with E-state index in [0.29, 0.717) is 12.5 Å². The number of allylic oxidation sites excluding steroid dienone is 4. The minimum Gasteiger partial charge on any atom is -0.376 e. The Kier molecular flexibility index (Phi) is 9.39. The molecule has 15 heteroatoms.